The molecule has 5 heteroatoms. The van der Waals surface area contributed by atoms with E-state index in [9.17, 15) is 4.79 Å². The molecule has 0 radical (unpaired) electrons. The summed E-state index contributed by atoms with van der Waals surface area (Å²) in [6, 6.07) is 6.06. The Hall–Kier alpha value is -1.75. The van der Waals surface area contributed by atoms with E-state index in [1.54, 1.807) is 4.57 Å². The number of hydrogen-bond donors (Lipinski definition) is 1. The van der Waals surface area contributed by atoms with Crippen LogP contribution in [0.4, 0.5) is 0 Å². The van der Waals surface area contributed by atoms with Crippen LogP contribution in [0.2, 0.25) is 0 Å². The predicted molar refractivity (Wildman–Crippen MR) is 84.1 cm³/mol. The number of aryl methyl sites for hydroxylation is 1. The number of fused-ring (bicyclic) bond motifs is 1. The van der Waals surface area contributed by atoms with Gasteiger partial charge in [0.2, 0.25) is 0 Å². The van der Waals surface area contributed by atoms with E-state index in [0.717, 1.165) is 42.7 Å². The molecule has 1 atom stereocenters. The van der Waals surface area contributed by atoms with Crippen molar-refractivity contribution in [2.75, 3.05) is 13.1 Å². The lowest BCUT2D eigenvalue weighted by Crippen LogP contribution is -2.37. The van der Waals surface area contributed by atoms with Gasteiger partial charge in [0.1, 0.15) is 11.9 Å². The van der Waals surface area contributed by atoms with Gasteiger partial charge in [0.05, 0.1) is 11.0 Å². The minimum atomic E-state index is 0.0245. The van der Waals surface area contributed by atoms with Gasteiger partial charge in [-0.15, -0.1) is 0 Å². The highest BCUT2D eigenvalue weighted by Gasteiger charge is 2.17. The Morgan fingerprint density at radius 1 is 1.33 bits per heavy atom. The standard InChI is InChI=1S/C16H23N3O2/c1-11(2)19-15-9-12(21-13-5-4-8-17-10-13)6-7-14(15)18(3)16(19)20/h6-7,9,11,13,17H,4-5,8,10H2,1-3H3/t13-/m0/s1. The number of imidazole rings is 1. The van der Waals surface area contributed by atoms with Crippen LogP contribution in [0.5, 0.6) is 5.75 Å². The van der Waals surface area contributed by atoms with Gasteiger partial charge in [0.15, 0.2) is 0 Å². The highest BCUT2D eigenvalue weighted by molar-refractivity contribution is 5.78. The molecule has 0 spiro atoms. The van der Waals surface area contributed by atoms with Crippen molar-refractivity contribution in [1.82, 2.24) is 14.5 Å². The predicted octanol–water partition coefficient (Wildman–Crippen LogP) is 2.05. The minimum Gasteiger partial charge on any atom is -0.489 e. The van der Waals surface area contributed by atoms with Gasteiger partial charge in [-0.1, -0.05) is 0 Å². The van der Waals surface area contributed by atoms with Gasteiger partial charge >= 0.3 is 5.69 Å². The monoisotopic (exact) mass is 289 g/mol. The molecule has 114 valence electrons. The number of nitrogens with one attached hydrogen (secondary N) is 1. The van der Waals surface area contributed by atoms with E-state index in [1.807, 2.05) is 43.7 Å². The third-order valence-electron chi connectivity index (χ3n) is 4.13. The summed E-state index contributed by atoms with van der Waals surface area (Å²) >= 11 is 0. The van der Waals surface area contributed by atoms with Crippen molar-refractivity contribution < 1.29 is 4.74 Å². The second kappa shape index (κ2) is 5.56. The number of ether oxygens (including phenoxy) is 1. The third kappa shape index (κ3) is 2.58. The largest absolute Gasteiger partial charge is 0.489 e. The molecular formula is C16H23N3O2. The summed E-state index contributed by atoms with van der Waals surface area (Å²) in [7, 11) is 1.81. The van der Waals surface area contributed by atoms with E-state index in [2.05, 4.69) is 5.32 Å². The molecular weight excluding hydrogens is 266 g/mol. The lowest BCUT2D eigenvalue weighted by atomic mass is 10.1. The Bertz CT molecular complexity index is 693. The molecule has 0 unspecified atom stereocenters. The smallest absolute Gasteiger partial charge is 0.329 e. The van der Waals surface area contributed by atoms with E-state index >= 15 is 0 Å². The van der Waals surface area contributed by atoms with E-state index < -0.39 is 0 Å². The number of benzene rings is 1. The first-order valence-corrected chi connectivity index (χ1v) is 7.66. The van der Waals surface area contributed by atoms with Crippen molar-refractivity contribution in [1.29, 1.82) is 0 Å². The van der Waals surface area contributed by atoms with Gasteiger partial charge in [-0.2, -0.15) is 0 Å². The van der Waals surface area contributed by atoms with Gasteiger partial charge in [-0.05, 0) is 45.4 Å². The second-order valence-corrected chi connectivity index (χ2v) is 6.04. The molecule has 0 amide bonds. The van der Waals surface area contributed by atoms with Crippen LogP contribution in [-0.2, 0) is 7.05 Å². The van der Waals surface area contributed by atoms with Gasteiger partial charge in [-0.3, -0.25) is 9.13 Å². The summed E-state index contributed by atoms with van der Waals surface area (Å²) < 4.78 is 9.58. The molecule has 1 N–H and O–H groups in total. The molecule has 1 aliphatic rings. The lowest BCUT2D eigenvalue weighted by molar-refractivity contribution is 0.167. The van der Waals surface area contributed by atoms with Crippen LogP contribution in [0.1, 0.15) is 32.7 Å². The molecule has 1 aromatic heterocycles. The van der Waals surface area contributed by atoms with Gasteiger partial charge in [0, 0.05) is 25.7 Å². The highest BCUT2D eigenvalue weighted by atomic mass is 16.5. The van der Waals surface area contributed by atoms with Crippen LogP contribution in [0.25, 0.3) is 11.0 Å². The van der Waals surface area contributed by atoms with Crippen LogP contribution in [0.3, 0.4) is 0 Å². The lowest BCUT2D eigenvalue weighted by Gasteiger charge is -2.24. The number of rotatable bonds is 3. The van der Waals surface area contributed by atoms with Crippen molar-refractivity contribution in [3.05, 3.63) is 28.7 Å². The first-order chi connectivity index (χ1) is 10.1. The number of hydrogen-bond acceptors (Lipinski definition) is 3. The maximum Gasteiger partial charge on any atom is 0.329 e. The van der Waals surface area contributed by atoms with Crippen molar-refractivity contribution >= 4 is 11.0 Å². The Kier molecular flexibility index (Phi) is 3.76. The number of aromatic nitrogens is 2. The zero-order valence-electron chi connectivity index (χ0n) is 12.9. The zero-order valence-corrected chi connectivity index (χ0v) is 12.9. The number of piperidine rings is 1. The van der Waals surface area contributed by atoms with Crippen LogP contribution in [0.15, 0.2) is 23.0 Å². The summed E-state index contributed by atoms with van der Waals surface area (Å²) in [5.74, 6) is 0.844. The van der Waals surface area contributed by atoms with E-state index in [0.29, 0.717) is 0 Å². The maximum atomic E-state index is 12.3. The minimum absolute atomic E-state index is 0.0245. The molecule has 2 heterocycles. The topological polar surface area (TPSA) is 48.2 Å². The first-order valence-electron chi connectivity index (χ1n) is 7.66. The molecule has 3 rings (SSSR count). The van der Waals surface area contributed by atoms with Crippen molar-refractivity contribution in [2.45, 2.75) is 38.8 Å². The van der Waals surface area contributed by atoms with Gasteiger partial charge in [-0.25, -0.2) is 4.79 Å². The highest BCUT2D eigenvalue weighted by Crippen LogP contribution is 2.24. The fourth-order valence-electron chi connectivity index (χ4n) is 3.03. The summed E-state index contributed by atoms with van der Waals surface area (Å²) in [5, 5.41) is 3.35. The van der Waals surface area contributed by atoms with Crippen LogP contribution >= 0.6 is 0 Å². The van der Waals surface area contributed by atoms with E-state index in [1.165, 1.54) is 0 Å². The average Bonchev–Trinajstić information content (AvgIpc) is 2.71. The Morgan fingerprint density at radius 2 is 2.14 bits per heavy atom. The molecule has 0 aliphatic carbocycles. The average molecular weight is 289 g/mol. The fourth-order valence-corrected chi connectivity index (χ4v) is 3.03. The van der Waals surface area contributed by atoms with E-state index in [-0.39, 0.29) is 17.8 Å². The maximum absolute atomic E-state index is 12.3. The van der Waals surface area contributed by atoms with E-state index in [4.69, 9.17) is 4.74 Å². The molecule has 1 saturated heterocycles. The van der Waals surface area contributed by atoms with Crippen molar-refractivity contribution in [2.24, 2.45) is 7.05 Å². The molecule has 0 saturated carbocycles. The normalized spacial score (nSPS) is 19.3. The molecule has 5 nitrogen and oxygen atoms in total. The quantitative estimate of drug-likeness (QED) is 0.941. The summed E-state index contributed by atoms with van der Waals surface area (Å²) in [6.45, 7) is 6.02. The fraction of sp³-hybridized carbons (Fsp3) is 0.562. The van der Waals surface area contributed by atoms with Crippen LogP contribution in [0, 0.1) is 0 Å². The SMILES string of the molecule is CC(C)n1c(=O)n(C)c2ccc(O[C@H]3CCCNC3)cc21. The Balaban J connectivity index is 1.98. The van der Waals surface area contributed by atoms with Gasteiger partial charge < -0.3 is 10.1 Å². The molecule has 2 aromatic rings. The van der Waals surface area contributed by atoms with Gasteiger partial charge in [0.25, 0.3) is 0 Å². The van der Waals surface area contributed by atoms with Crippen molar-refractivity contribution in [3.63, 3.8) is 0 Å². The second-order valence-electron chi connectivity index (χ2n) is 6.04. The molecule has 0 bridgehead atoms. The number of nitrogens with zero attached hydrogens (tertiary/aromatic N) is 2. The zero-order chi connectivity index (χ0) is 15.0. The third-order valence-corrected chi connectivity index (χ3v) is 4.13. The van der Waals surface area contributed by atoms with Crippen LogP contribution in [-0.4, -0.2) is 28.3 Å². The molecule has 1 aliphatic heterocycles. The summed E-state index contributed by atoms with van der Waals surface area (Å²) in [4.78, 5) is 12.3. The molecule has 1 fully saturated rings. The summed E-state index contributed by atoms with van der Waals surface area (Å²) in [5.41, 5.74) is 1.91. The van der Waals surface area contributed by atoms with Crippen LogP contribution < -0.4 is 15.7 Å². The van der Waals surface area contributed by atoms with Crippen molar-refractivity contribution in [3.8, 4) is 5.75 Å². The Morgan fingerprint density at radius 3 is 2.81 bits per heavy atom. The Labute approximate surface area is 124 Å². The summed E-state index contributed by atoms with van der Waals surface area (Å²) in [6.07, 6.45) is 2.45. The molecule has 1 aromatic carbocycles. The first kappa shape index (κ1) is 14.2. The molecule has 21 heavy (non-hydrogen) atoms.